The molecule has 0 saturated carbocycles. The first-order valence-corrected chi connectivity index (χ1v) is 11.0. The number of anilines is 1. The van der Waals surface area contributed by atoms with Gasteiger partial charge in [-0.2, -0.15) is 0 Å². The molecule has 30 heavy (non-hydrogen) atoms. The van der Waals surface area contributed by atoms with E-state index in [1.165, 1.54) is 17.3 Å². The molecule has 0 spiro atoms. The van der Waals surface area contributed by atoms with Crippen LogP contribution in [-0.4, -0.2) is 28.8 Å². The van der Waals surface area contributed by atoms with Crippen LogP contribution in [0.4, 0.5) is 11.4 Å². The fraction of sp³-hybridized carbons (Fsp3) is 0.348. The van der Waals surface area contributed by atoms with Crippen molar-refractivity contribution in [2.24, 2.45) is 4.99 Å². The van der Waals surface area contributed by atoms with E-state index in [9.17, 15) is 9.59 Å². The van der Waals surface area contributed by atoms with Gasteiger partial charge >= 0.3 is 0 Å². The molecular weight excluding hydrogens is 398 g/mol. The number of hydrogen-bond acceptors (Lipinski definition) is 5. The van der Waals surface area contributed by atoms with E-state index >= 15 is 0 Å². The van der Waals surface area contributed by atoms with Crippen molar-refractivity contribution in [1.29, 1.82) is 0 Å². The molecule has 1 aliphatic rings. The minimum absolute atomic E-state index is 0.0791. The third-order valence-corrected chi connectivity index (χ3v) is 5.98. The molecule has 2 atom stereocenters. The molecule has 0 unspecified atom stereocenters. The standard InChI is InChI=1S/C23H27N3O3S/c1-4-15(3)16-6-8-18(9-7-16)25-23-26-22(28)20(30-23)14-21(27)24-17-10-12-19(13-11-17)29-5-2/h6-13,15,20H,4-5,14H2,1-3H3,(H,24,27)(H,25,26,28)/t15-,20+/m1/s1. The van der Waals surface area contributed by atoms with Crippen LogP contribution in [-0.2, 0) is 9.59 Å². The van der Waals surface area contributed by atoms with Crippen molar-refractivity contribution in [1.82, 2.24) is 5.32 Å². The van der Waals surface area contributed by atoms with Gasteiger partial charge in [-0.3, -0.25) is 9.59 Å². The van der Waals surface area contributed by atoms with Gasteiger partial charge in [-0.15, -0.1) is 0 Å². The van der Waals surface area contributed by atoms with E-state index in [-0.39, 0.29) is 18.2 Å². The number of aliphatic imine (C=N–C) groups is 1. The molecule has 6 nitrogen and oxygen atoms in total. The summed E-state index contributed by atoms with van der Waals surface area (Å²) in [5.74, 6) is 0.840. The zero-order chi connectivity index (χ0) is 21.5. The lowest BCUT2D eigenvalue weighted by Gasteiger charge is -2.09. The monoisotopic (exact) mass is 425 g/mol. The van der Waals surface area contributed by atoms with Crippen LogP contribution in [0.3, 0.4) is 0 Å². The van der Waals surface area contributed by atoms with Crippen molar-refractivity contribution in [3.05, 3.63) is 54.1 Å². The Labute approximate surface area is 181 Å². The molecule has 0 aromatic heterocycles. The number of ether oxygens (including phenoxy) is 1. The molecule has 0 bridgehead atoms. The first-order chi connectivity index (χ1) is 14.5. The second-order valence-electron chi connectivity index (χ2n) is 7.12. The Balaban J connectivity index is 1.56. The van der Waals surface area contributed by atoms with Crippen LogP contribution < -0.4 is 15.4 Å². The Morgan fingerprint density at radius 3 is 2.50 bits per heavy atom. The molecular formula is C23H27N3O3S. The van der Waals surface area contributed by atoms with Crippen molar-refractivity contribution >= 4 is 40.1 Å². The van der Waals surface area contributed by atoms with Crippen molar-refractivity contribution in [3.8, 4) is 5.75 Å². The molecule has 3 rings (SSSR count). The van der Waals surface area contributed by atoms with E-state index in [4.69, 9.17) is 4.74 Å². The summed E-state index contributed by atoms with van der Waals surface area (Å²) in [4.78, 5) is 29.1. The molecule has 2 aromatic rings. The van der Waals surface area contributed by atoms with Gasteiger partial charge in [0.2, 0.25) is 11.8 Å². The Hall–Kier alpha value is -2.80. The molecule has 7 heteroatoms. The van der Waals surface area contributed by atoms with Crippen molar-refractivity contribution in [2.75, 3.05) is 11.9 Å². The maximum atomic E-state index is 12.3. The first-order valence-electron chi connectivity index (χ1n) is 10.2. The normalized spacial score (nSPS) is 18.2. The fourth-order valence-electron chi connectivity index (χ4n) is 3.00. The van der Waals surface area contributed by atoms with Gasteiger partial charge in [0, 0.05) is 12.1 Å². The average molecular weight is 426 g/mol. The summed E-state index contributed by atoms with van der Waals surface area (Å²) in [6.07, 6.45) is 1.16. The van der Waals surface area contributed by atoms with Crippen LogP contribution in [0.15, 0.2) is 53.5 Å². The van der Waals surface area contributed by atoms with Crippen molar-refractivity contribution in [2.45, 2.75) is 44.8 Å². The number of carbonyl (C=O) groups is 2. The van der Waals surface area contributed by atoms with Gasteiger partial charge in [-0.05, 0) is 61.2 Å². The zero-order valence-electron chi connectivity index (χ0n) is 17.5. The van der Waals surface area contributed by atoms with Crippen molar-refractivity contribution in [3.63, 3.8) is 0 Å². The van der Waals surface area contributed by atoms with Gasteiger partial charge in [0.05, 0.1) is 12.3 Å². The number of thioether (sulfide) groups is 1. The average Bonchev–Trinajstić information content (AvgIpc) is 3.08. The molecule has 158 valence electrons. The number of amides is 2. The minimum Gasteiger partial charge on any atom is -0.494 e. The smallest absolute Gasteiger partial charge is 0.240 e. The zero-order valence-corrected chi connectivity index (χ0v) is 18.3. The minimum atomic E-state index is -0.495. The second-order valence-corrected chi connectivity index (χ2v) is 8.31. The molecule has 1 saturated heterocycles. The maximum absolute atomic E-state index is 12.3. The Kier molecular flexibility index (Phi) is 7.52. The van der Waals surface area contributed by atoms with Crippen LogP contribution in [0.5, 0.6) is 5.75 Å². The third kappa shape index (κ3) is 5.86. The molecule has 2 amide bonds. The van der Waals surface area contributed by atoms with E-state index in [1.807, 2.05) is 19.1 Å². The number of carbonyl (C=O) groups excluding carboxylic acids is 2. The number of rotatable bonds is 8. The lowest BCUT2D eigenvalue weighted by Crippen LogP contribution is -2.28. The highest BCUT2D eigenvalue weighted by atomic mass is 32.2. The summed E-state index contributed by atoms with van der Waals surface area (Å²) in [5.41, 5.74) is 2.72. The van der Waals surface area contributed by atoms with Gasteiger partial charge < -0.3 is 15.4 Å². The lowest BCUT2D eigenvalue weighted by atomic mass is 9.99. The number of nitrogens with zero attached hydrogens (tertiary/aromatic N) is 1. The number of benzene rings is 2. The maximum Gasteiger partial charge on any atom is 0.240 e. The SMILES string of the molecule is CCOc1ccc(NC(=O)C[C@@H]2SC(=Nc3ccc([C@H](C)CC)cc3)NC2=O)cc1. The highest BCUT2D eigenvalue weighted by molar-refractivity contribution is 8.15. The van der Waals surface area contributed by atoms with Crippen LogP contribution in [0.25, 0.3) is 0 Å². The van der Waals surface area contributed by atoms with Gasteiger partial charge in [-0.1, -0.05) is 37.7 Å². The number of nitrogens with one attached hydrogen (secondary N) is 2. The molecule has 1 fully saturated rings. The predicted octanol–water partition coefficient (Wildman–Crippen LogP) is 4.85. The quantitative estimate of drug-likeness (QED) is 0.634. The Morgan fingerprint density at radius 2 is 1.87 bits per heavy atom. The van der Waals surface area contributed by atoms with E-state index < -0.39 is 5.25 Å². The molecule has 2 aromatic carbocycles. The van der Waals surface area contributed by atoms with Gasteiger partial charge in [0.1, 0.15) is 11.0 Å². The van der Waals surface area contributed by atoms with E-state index in [0.29, 0.717) is 23.4 Å². The van der Waals surface area contributed by atoms with Crippen molar-refractivity contribution < 1.29 is 14.3 Å². The highest BCUT2D eigenvalue weighted by Gasteiger charge is 2.32. The van der Waals surface area contributed by atoms with Gasteiger partial charge in [0.25, 0.3) is 0 Å². The largest absolute Gasteiger partial charge is 0.494 e. The number of amidine groups is 1. The second kappa shape index (κ2) is 10.3. The van der Waals surface area contributed by atoms with Gasteiger partial charge in [-0.25, -0.2) is 4.99 Å². The molecule has 1 aliphatic heterocycles. The molecule has 0 radical (unpaired) electrons. The summed E-state index contributed by atoms with van der Waals surface area (Å²) in [5, 5.41) is 5.62. The summed E-state index contributed by atoms with van der Waals surface area (Å²) in [6, 6.07) is 15.2. The van der Waals surface area contributed by atoms with E-state index in [0.717, 1.165) is 17.9 Å². The van der Waals surface area contributed by atoms with Crippen LogP contribution in [0.2, 0.25) is 0 Å². The van der Waals surface area contributed by atoms with E-state index in [2.05, 4.69) is 41.6 Å². The third-order valence-electron chi connectivity index (χ3n) is 4.90. The summed E-state index contributed by atoms with van der Waals surface area (Å²) < 4.78 is 5.39. The molecule has 1 heterocycles. The highest BCUT2D eigenvalue weighted by Crippen LogP contribution is 2.27. The summed E-state index contributed by atoms with van der Waals surface area (Å²) in [6.45, 7) is 6.86. The molecule has 2 N–H and O–H groups in total. The van der Waals surface area contributed by atoms with E-state index in [1.54, 1.807) is 24.3 Å². The summed E-state index contributed by atoms with van der Waals surface area (Å²) in [7, 11) is 0. The molecule has 0 aliphatic carbocycles. The predicted molar refractivity (Wildman–Crippen MR) is 123 cm³/mol. The Morgan fingerprint density at radius 1 is 1.17 bits per heavy atom. The Bertz CT molecular complexity index is 910. The van der Waals surface area contributed by atoms with Gasteiger partial charge in [0.15, 0.2) is 5.17 Å². The topological polar surface area (TPSA) is 79.8 Å². The van der Waals surface area contributed by atoms with Crippen LogP contribution in [0.1, 0.15) is 45.1 Å². The van der Waals surface area contributed by atoms with Crippen LogP contribution in [0, 0.1) is 0 Å². The van der Waals surface area contributed by atoms with Crippen LogP contribution >= 0.6 is 11.8 Å². The lowest BCUT2D eigenvalue weighted by molar-refractivity contribution is -0.122. The first kappa shape index (κ1) is 21.9. The number of hydrogen-bond donors (Lipinski definition) is 2. The summed E-state index contributed by atoms with van der Waals surface area (Å²) >= 11 is 1.29. The fourth-order valence-corrected chi connectivity index (χ4v) is 3.99.